The highest BCUT2D eigenvalue weighted by molar-refractivity contribution is 7.89. The van der Waals surface area contributed by atoms with Gasteiger partial charge in [-0.2, -0.15) is 4.31 Å². The highest BCUT2D eigenvalue weighted by Gasteiger charge is 2.41. The molecule has 1 saturated heterocycles. The zero-order valence-electron chi connectivity index (χ0n) is 30.3. The first-order chi connectivity index (χ1) is 25.0. The second-order valence-electron chi connectivity index (χ2n) is 14.2. The van der Waals surface area contributed by atoms with Gasteiger partial charge in [-0.25, -0.2) is 13.2 Å². The molecule has 4 atom stereocenters. The molecular formula is C39H52N6O6S. The van der Waals surface area contributed by atoms with Crippen molar-refractivity contribution in [2.24, 2.45) is 17.0 Å². The zero-order valence-corrected chi connectivity index (χ0v) is 31.2. The van der Waals surface area contributed by atoms with Crippen molar-refractivity contribution < 1.29 is 28.3 Å². The molecule has 5 rings (SSSR count). The Morgan fingerprint density at radius 2 is 1.81 bits per heavy atom. The maximum absolute atomic E-state index is 14.4. The number of aromatic nitrogens is 1. The van der Waals surface area contributed by atoms with E-state index in [0.717, 1.165) is 42.4 Å². The summed E-state index contributed by atoms with van der Waals surface area (Å²) in [4.78, 5) is 35.8. The molecule has 52 heavy (non-hydrogen) atoms. The minimum Gasteiger partial charge on any atom is -0.411 e. The molecule has 0 radical (unpaired) electrons. The molecule has 1 unspecified atom stereocenters. The van der Waals surface area contributed by atoms with Crippen LogP contribution in [0.4, 0.5) is 4.79 Å². The molecule has 0 spiro atoms. The molecule has 1 aliphatic carbocycles. The van der Waals surface area contributed by atoms with Crippen LogP contribution in [0, 0.1) is 18.8 Å². The third-order valence-corrected chi connectivity index (χ3v) is 12.4. The number of benzene rings is 2. The van der Waals surface area contributed by atoms with Crippen molar-refractivity contribution in [2.45, 2.75) is 88.9 Å². The van der Waals surface area contributed by atoms with E-state index in [1.165, 1.54) is 22.7 Å². The van der Waals surface area contributed by atoms with Crippen molar-refractivity contribution in [1.29, 1.82) is 0 Å². The summed E-state index contributed by atoms with van der Waals surface area (Å²) in [5.74, 6) is -0.413. The molecule has 2 fully saturated rings. The summed E-state index contributed by atoms with van der Waals surface area (Å²) in [6.07, 6.45) is 8.18. The third-order valence-electron chi connectivity index (χ3n) is 10.6. The van der Waals surface area contributed by atoms with E-state index < -0.39 is 28.2 Å². The Kier molecular flexibility index (Phi) is 13.4. The fourth-order valence-electron chi connectivity index (χ4n) is 7.25. The normalized spacial score (nSPS) is 17.9. The third kappa shape index (κ3) is 9.55. The average Bonchev–Trinajstić information content (AvgIpc) is 3.79. The van der Waals surface area contributed by atoms with Crippen molar-refractivity contribution in [3.05, 3.63) is 95.3 Å². The van der Waals surface area contributed by atoms with Crippen LogP contribution in [0.3, 0.4) is 0 Å². The number of aryl methyl sites for hydroxylation is 1. The molecule has 1 aromatic heterocycles. The van der Waals surface area contributed by atoms with Gasteiger partial charge in [-0.3, -0.25) is 9.78 Å². The molecule has 2 aliphatic rings. The topological polar surface area (TPSA) is 156 Å². The van der Waals surface area contributed by atoms with E-state index in [1.54, 1.807) is 34.3 Å². The van der Waals surface area contributed by atoms with Crippen LogP contribution in [-0.4, -0.2) is 100 Å². The number of nitrogens with zero attached hydrogens (tertiary/aromatic N) is 5. The van der Waals surface area contributed by atoms with E-state index in [4.69, 9.17) is 5.21 Å². The maximum Gasteiger partial charge on any atom is 0.321 e. The van der Waals surface area contributed by atoms with Gasteiger partial charge < -0.3 is 25.4 Å². The van der Waals surface area contributed by atoms with Crippen molar-refractivity contribution in [1.82, 2.24) is 24.4 Å². The Hall–Kier alpha value is -4.33. The van der Waals surface area contributed by atoms with Gasteiger partial charge in [-0.15, -0.1) is 0 Å². The highest BCUT2D eigenvalue weighted by Crippen LogP contribution is 2.29. The van der Waals surface area contributed by atoms with Gasteiger partial charge in [0, 0.05) is 45.1 Å². The minimum absolute atomic E-state index is 0.0619. The summed E-state index contributed by atoms with van der Waals surface area (Å²) in [6.45, 7) is 7.15. The molecule has 2 heterocycles. The van der Waals surface area contributed by atoms with E-state index in [0.29, 0.717) is 31.6 Å². The van der Waals surface area contributed by atoms with Crippen LogP contribution in [0.2, 0.25) is 0 Å². The lowest BCUT2D eigenvalue weighted by Crippen LogP contribution is -2.57. The minimum atomic E-state index is -4.05. The van der Waals surface area contributed by atoms with Crippen LogP contribution < -0.4 is 5.32 Å². The molecule has 1 aliphatic heterocycles. The van der Waals surface area contributed by atoms with E-state index >= 15 is 0 Å². The number of aliphatic hydroxyl groups excluding tert-OH is 1. The molecular weight excluding hydrogens is 681 g/mol. The predicted octanol–water partition coefficient (Wildman–Crippen LogP) is 4.82. The summed E-state index contributed by atoms with van der Waals surface area (Å²) >= 11 is 0. The average molecular weight is 733 g/mol. The first-order valence-corrected chi connectivity index (χ1v) is 19.7. The van der Waals surface area contributed by atoms with Crippen molar-refractivity contribution in [2.75, 3.05) is 26.2 Å². The van der Waals surface area contributed by atoms with Gasteiger partial charge in [0.05, 0.1) is 23.3 Å². The number of urea groups is 1. The van der Waals surface area contributed by atoms with Crippen molar-refractivity contribution in [3.63, 3.8) is 0 Å². The SMILES string of the molecule is CCC(C)[C@@H](C(=O)N[C@@H](Cc1ccccc1)[C@H](O)CN(CC1CCCC1)S(=O)(=O)c1ccc(/C=N/O)cc1)N1CCN(Cc2cnccc2C)C1=O. The molecule has 1 saturated carbocycles. The molecule has 2 aromatic carbocycles. The van der Waals surface area contributed by atoms with Crippen molar-refractivity contribution in [3.8, 4) is 0 Å². The summed E-state index contributed by atoms with van der Waals surface area (Å²) in [5, 5.41) is 27.0. The molecule has 13 heteroatoms. The summed E-state index contributed by atoms with van der Waals surface area (Å²) in [7, 11) is -4.05. The van der Waals surface area contributed by atoms with E-state index in [9.17, 15) is 23.1 Å². The molecule has 3 N–H and O–H groups in total. The molecule has 3 amide bonds. The van der Waals surface area contributed by atoms with Gasteiger partial charge in [0.15, 0.2) is 0 Å². The highest BCUT2D eigenvalue weighted by atomic mass is 32.2. The lowest BCUT2D eigenvalue weighted by Gasteiger charge is -2.35. The maximum atomic E-state index is 14.4. The van der Waals surface area contributed by atoms with Gasteiger partial charge in [-0.1, -0.05) is 80.7 Å². The number of pyridine rings is 1. The molecule has 280 valence electrons. The fourth-order valence-corrected chi connectivity index (χ4v) is 8.79. The number of aliphatic hydroxyl groups is 1. The predicted molar refractivity (Wildman–Crippen MR) is 199 cm³/mol. The van der Waals surface area contributed by atoms with Gasteiger partial charge in [0.1, 0.15) is 6.04 Å². The quantitative estimate of drug-likeness (QED) is 0.102. The van der Waals surface area contributed by atoms with Crippen LogP contribution in [0.25, 0.3) is 0 Å². The summed E-state index contributed by atoms with van der Waals surface area (Å²) < 4.78 is 29.6. The van der Waals surface area contributed by atoms with Crippen LogP contribution in [0.5, 0.6) is 0 Å². The Morgan fingerprint density at radius 3 is 2.46 bits per heavy atom. The lowest BCUT2D eigenvalue weighted by atomic mass is 9.95. The number of rotatable bonds is 17. The van der Waals surface area contributed by atoms with Crippen LogP contribution >= 0.6 is 0 Å². The van der Waals surface area contributed by atoms with Gasteiger partial charge in [0.25, 0.3) is 0 Å². The number of carbonyl (C=O) groups is 2. The Bertz CT molecular complexity index is 1770. The van der Waals surface area contributed by atoms with E-state index in [2.05, 4.69) is 15.5 Å². The number of amides is 3. The summed E-state index contributed by atoms with van der Waals surface area (Å²) in [5.41, 5.74) is 3.39. The van der Waals surface area contributed by atoms with Crippen LogP contribution in [-0.2, 0) is 27.8 Å². The van der Waals surface area contributed by atoms with Crippen LogP contribution in [0.15, 0.2) is 83.1 Å². The first kappa shape index (κ1) is 38.9. The van der Waals surface area contributed by atoms with Gasteiger partial charge in [0.2, 0.25) is 15.9 Å². The first-order valence-electron chi connectivity index (χ1n) is 18.3. The zero-order chi connectivity index (χ0) is 37.3. The van der Waals surface area contributed by atoms with E-state index in [-0.39, 0.29) is 48.2 Å². The number of nitrogens with one attached hydrogen (secondary N) is 1. The monoisotopic (exact) mass is 732 g/mol. The Labute approximate surface area is 307 Å². The lowest BCUT2D eigenvalue weighted by molar-refractivity contribution is -0.128. The van der Waals surface area contributed by atoms with E-state index in [1.807, 2.05) is 57.2 Å². The summed E-state index contributed by atoms with van der Waals surface area (Å²) in [6, 6.07) is 15.6. The fraction of sp³-hybridized carbons (Fsp3) is 0.487. The second kappa shape index (κ2) is 17.9. The molecule has 12 nitrogen and oxygen atoms in total. The molecule has 0 bridgehead atoms. The number of hydrogen-bond acceptors (Lipinski definition) is 8. The molecule has 3 aromatic rings. The number of carbonyl (C=O) groups excluding carboxylic acids is 2. The smallest absolute Gasteiger partial charge is 0.321 e. The second-order valence-corrected chi connectivity index (χ2v) is 16.1. The largest absolute Gasteiger partial charge is 0.411 e. The number of oxime groups is 1. The number of sulfonamides is 1. The van der Waals surface area contributed by atoms with Crippen molar-refractivity contribution >= 4 is 28.2 Å². The van der Waals surface area contributed by atoms with Gasteiger partial charge >= 0.3 is 6.03 Å². The Morgan fingerprint density at radius 1 is 1.10 bits per heavy atom. The Balaban J connectivity index is 1.40. The standard InChI is InChI=1S/C39H52N6O6S/c1-4-28(2)37(45-21-20-43(39(45)48)26-33-24-40-19-18-29(33)3)38(47)42-35(22-30-10-6-5-7-11-30)36(46)27-44(25-32-12-8-9-13-32)52(50,51)34-16-14-31(15-17-34)23-41-49/h5-7,10-11,14-19,23-24,28,32,35-37,46,49H,4,8-9,12-13,20-22,25-27H2,1-3H3,(H,42,47)/b41-23+/t28?,35-,36+,37-/m0/s1. The number of hydrogen-bond donors (Lipinski definition) is 3. The van der Waals surface area contributed by atoms with Gasteiger partial charge in [-0.05, 0) is 78.5 Å². The van der Waals surface area contributed by atoms with Crippen LogP contribution in [0.1, 0.15) is 68.2 Å².